The second-order valence-corrected chi connectivity index (χ2v) is 8.89. The third-order valence-electron chi connectivity index (χ3n) is 4.88. The maximum absolute atomic E-state index is 15.0. The first-order valence-electron chi connectivity index (χ1n) is 10.2. The fourth-order valence-corrected chi connectivity index (χ4v) is 3.91. The van der Waals surface area contributed by atoms with Gasteiger partial charge in [0, 0.05) is 11.9 Å². The zero-order valence-electron chi connectivity index (χ0n) is 17.8. The average Bonchev–Trinajstić information content (AvgIpc) is 2.81. The van der Waals surface area contributed by atoms with E-state index in [2.05, 4.69) is 30.9 Å². The summed E-state index contributed by atoms with van der Waals surface area (Å²) in [5.74, 6) is -1.47. The van der Waals surface area contributed by atoms with E-state index in [1.165, 1.54) is 6.92 Å². The van der Waals surface area contributed by atoms with Crippen LogP contribution in [0, 0.1) is 11.6 Å². The molecule has 0 aliphatic heterocycles. The second kappa shape index (κ2) is 9.53. The Morgan fingerprint density at radius 3 is 2.56 bits per heavy atom. The first-order chi connectivity index (χ1) is 16.2. The summed E-state index contributed by atoms with van der Waals surface area (Å²) >= 11 is 0. The number of fused-ring (bicyclic) bond motifs is 1. The number of rotatable bonds is 8. The molecule has 176 valence electrons. The Balaban J connectivity index is 1.62. The number of hydrogen-bond donors (Lipinski definition) is 4. The molecule has 4 N–H and O–H groups in total. The summed E-state index contributed by atoms with van der Waals surface area (Å²) in [6.07, 6.45) is 4.79. The Kier molecular flexibility index (Phi) is 6.52. The van der Waals surface area contributed by atoms with E-state index < -0.39 is 32.8 Å². The zero-order valence-corrected chi connectivity index (χ0v) is 18.6. The smallest absolute Gasteiger partial charge is 0.286 e. The molecule has 4 aromatic rings. The zero-order chi connectivity index (χ0) is 24.3. The third kappa shape index (κ3) is 5.18. The first kappa shape index (κ1) is 23.3. The van der Waals surface area contributed by atoms with Crippen molar-refractivity contribution >= 4 is 49.7 Å². The van der Waals surface area contributed by atoms with Crippen molar-refractivity contribution in [2.24, 2.45) is 0 Å². The van der Waals surface area contributed by atoms with Crippen LogP contribution < -0.4 is 16.0 Å². The molecular formula is C22H20F2N6O3S. The van der Waals surface area contributed by atoms with E-state index in [9.17, 15) is 17.4 Å². The van der Waals surface area contributed by atoms with Crippen molar-refractivity contribution in [1.82, 2.24) is 15.0 Å². The fourth-order valence-electron chi connectivity index (χ4n) is 3.22. The molecule has 0 spiro atoms. The van der Waals surface area contributed by atoms with Crippen LogP contribution in [0.25, 0.3) is 11.0 Å². The Morgan fingerprint density at radius 1 is 1.03 bits per heavy atom. The van der Waals surface area contributed by atoms with E-state index in [-0.39, 0.29) is 12.1 Å². The predicted molar refractivity (Wildman–Crippen MR) is 126 cm³/mol. The van der Waals surface area contributed by atoms with Crippen molar-refractivity contribution in [2.45, 2.75) is 18.7 Å². The number of benzene rings is 2. The van der Waals surface area contributed by atoms with Crippen LogP contribution in [0.3, 0.4) is 0 Å². The number of pyridine rings is 1. The molecule has 0 bridgehead atoms. The maximum Gasteiger partial charge on any atom is 0.286 e. The number of halogens is 2. The van der Waals surface area contributed by atoms with Gasteiger partial charge in [0.2, 0.25) is 0 Å². The number of anilines is 5. The van der Waals surface area contributed by atoms with Crippen molar-refractivity contribution < 1.29 is 21.8 Å². The predicted octanol–water partition coefficient (Wildman–Crippen LogP) is 4.83. The molecule has 0 aliphatic rings. The maximum atomic E-state index is 15.0. The summed E-state index contributed by atoms with van der Waals surface area (Å²) in [5, 5.41) is 6.70. The molecule has 0 amide bonds. The van der Waals surface area contributed by atoms with Crippen molar-refractivity contribution in [2.75, 3.05) is 16.0 Å². The summed E-state index contributed by atoms with van der Waals surface area (Å²) in [5.41, 5.74) is 1.30. The van der Waals surface area contributed by atoms with Gasteiger partial charge in [0.1, 0.15) is 17.3 Å². The van der Waals surface area contributed by atoms with Gasteiger partial charge in [-0.15, -0.1) is 0 Å². The van der Waals surface area contributed by atoms with Crippen molar-refractivity contribution in [3.8, 4) is 0 Å². The lowest BCUT2D eigenvalue weighted by molar-refractivity contribution is 0.469. The van der Waals surface area contributed by atoms with Gasteiger partial charge in [-0.2, -0.15) is 8.42 Å². The summed E-state index contributed by atoms with van der Waals surface area (Å²) in [4.78, 5) is 12.8. The SMILES string of the molecule is CCC(Nc1ccc(F)c(Nc2ccc3ncc(Nc4cccnc4)nc3c2)c1F)S(=O)(=O)O. The van der Waals surface area contributed by atoms with Crippen molar-refractivity contribution in [3.05, 3.63) is 72.7 Å². The molecule has 4 rings (SSSR count). The van der Waals surface area contributed by atoms with E-state index in [0.29, 0.717) is 28.2 Å². The molecule has 0 saturated heterocycles. The molecular weight excluding hydrogens is 466 g/mol. The molecule has 2 heterocycles. The summed E-state index contributed by atoms with van der Waals surface area (Å²) < 4.78 is 61.7. The van der Waals surface area contributed by atoms with Crippen molar-refractivity contribution in [3.63, 3.8) is 0 Å². The minimum atomic E-state index is -4.48. The van der Waals surface area contributed by atoms with Gasteiger partial charge < -0.3 is 16.0 Å². The minimum Gasteiger partial charge on any atom is -0.365 e. The van der Waals surface area contributed by atoms with E-state index in [1.54, 1.807) is 42.9 Å². The highest BCUT2D eigenvalue weighted by Crippen LogP contribution is 2.30. The Morgan fingerprint density at radius 2 is 1.85 bits per heavy atom. The van der Waals surface area contributed by atoms with Gasteiger partial charge in [0.05, 0.1) is 34.8 Å². The summed E-state index contributed by atoms with van der Waals surface area (Å²) in [7, 11) is -4.48. The van der Waals surface area contributed by atoms with Gasteiger partial charge in [-0.1, -0.05) is 6.92 Å². The van der Waals surface area contributed by atoms with E-state index in [4.69, 9.17) is 0 Å². The normalized spacial score (nSPS) is 12.4. The third-order valence-corrected chi connectivity index (χ3v) is 6.05. The van der Waals surface area contributed by atoms with Crippen LogP contribution in [0.15, 0.2) is 61.1 Å². The minimum absolute atomic E-state index is 0.0306. The molecule has 34 heavy (non-hydrogen) atoms. The number of hydrogen-bond acceptors (Lipinski definition) is 8. The van der Waals surface area contributed by atoms with Crippen LogP contribution in [0.4, 0.5) is 37.3 Å². The molecule has 0 saturated carbocycles. The molecule has 12 heteroatoms. The lowest BCUT2D eigenvalue weighted by Gasteiger charge is -2.18. The topological polar surface area (TPSA) is 129 Å². The summed E-state index contributed by atoms with van der Waals surface area (Å²) in [6, 6.07) is 10.4. The van der Waals surface area contributed by atoms with Gasteiger partial charge in [-0.25, -0.2) is 13.8 Å². The lowest BCUT2D eigenvalue weighted by atomic mass is 10.2. The molecule has 0 aliphatic carbocycles. The highest BCUT2D eigenvalue weighted by molar-refractivity contribution is 7.86. The van der Waals surface area contributed by atoms with Gasteiger partial charge in [0.15, 0.2) is 11.2 Å². The van der Waals surface area contributed by atoms with Crippen LogP contribution in [-0.2, 0) is 10.1 Å². The van der Waals surface area contributed by atoms with Crippen molar-refractivity contribution in [1.29, 1.82) is 0 Å². The Bertz CT molecular complexity index is 1440. The molecule has 0 radical (unpaired) electrons. The number of nitrogens with zero attached hydrogens (tertiary/aromatic N) is 3. The molecule has 2 aromatic heterocycles. The molecule has 1 unspecified atom stereocenters. The van der Waals surface area contributed by atoms with Gasteiger partial charge >= 0.3 is 0 Å². The molecule has 1 atom stereocenters. The van der Waals surface area contributed by atoms with Crippen LogP contribution in [0.5, 0.6) is 0 Å². The number of nitrogens with one attached hydrogen (secondary N) is 3. The molecule has 9 nitrogen and oxygen atoms in total. The Labute approximate surface area is 194 Å². The second-order valence-electron chi connectivity index (χ2n) is 7.29. The standard InChI is InChI=1S/C22H20F2N6O3S/c1-2-20(34(31,32)33)30-17-8-6-15(23)22(21(17)24)28-13-5-7-16-18(10-13)29-19(12-26-16)27-14-4-3-9-25-11-14/h3-12,20,28,30H,2H2,1H3,(H,27,29)(H,31,32,33). The van der Waals surface area contributed by atoms with Crippen LogP contribution in [0.1, 0.15) is 13.3 Å². The van der Waals surface area contributed by atoms with Crippen LogP contribution in [-0.4, -0.2) is 33.3 Å². The highest BCUT2D eigenvalue weighted by atomic mass is 32.2. The molecule has 0 fully saturated rings. The van der Waals surface area contributed by atoms with Gasteiger partial charge in [-0.05, 0) is 48.9 Å². The monoisotopic (exact) mass is 486 g/mol. The quantitative estimate of drug-likeness (QED) is 0.259. The van der Waals surface area contributed by atoms with Gasteiger partial charge in [-0.3, -0.25) is 14.5 Å². The first-order valence-corrected chi connectivity index (χ1v) is 11.7. The average molecular weight is 487 g/mol. The fraction of sp³-hybridized carbons (Fsp3) is 0.136. The lowest BCUT2D eigenvalue weighted by Crippen LogP contribution is -2.28. The van der Waals surface area contributed by atoms with E-state index >= 15 is 4.39 Å². The molecule has 2 aromatic carbocycles. The van der Waals surface area contributed by atoms with E-state index in [0.717, 1.165) is 12.1 Å². The highest BCUT2D eigenvalue weighted by Gasteiger charge is 2.23. The largest absolute Gasteiger partial charge is 0.365 e. The number of aromatic nitrogens is 3. The van der Waals surface area contributed by atoms with Crippen LogP contribution in [0.2, 0.25) is 0 Å². The van der Waals surface area contributed by atoms with Crippen LogP contribution >= 0.6 is 0 Å². The van der Waals surface area contributed by atoms with E-state index in [1.807, 2.05) is 6.07 Å². The van der Waals surface area contributed by atoms with Gasteiger partial charge in [0.25, 0.3) is 10.1 Å². The summed E-state index contributed by atoms with van der Waals surface area (Å²) in [6.45, 7) is 1.50. The Hall–Kier alpha value is -3.90.